The van der Waals surface area contributed by atoms with Crippen LogP contribution in [0.5, 0.6) is 5.75 Å². The second-order valence-corrected chi connectivity index (χ2v) is 7.65. The van der Waals surface area contributed by atoms with Crippen LogP contribution in [0.25, 0.3) is 0 Å². The van der Waals surface area contributed by atoms with Crippen LogP contribution in [0.1, 0.15) is 30.4 Å². The van der Waals surface area contributed by atoms with Crippen LogP contribution in [-0.2, 0) is 9.59 Å². The highest BCUT2D eigenvalue weighted by atomic mass is 16.5. The molecule has 1 aliphatic heterocycles. The summed E-state index contributed by atoms with van der Waals surface area (Å²) in [6, 6.07) is 11.2. The van der Waals surface area contributed by atoms with Gasteiger partial charge in [0.15, 0.2) is 0 Å². The molecule has 1 heterocycles. The topological polar surface area (TPSA) is 71.0 Å². The van der Waals surface area contributed by atoms with Crippen molar-refractivity contribution in [3.05, 3.63) is 47.5 Å². The summed E-state index contributed by atoms with van der Waals surface area (Å²) in [4.78, 5) is 32.6. The maximum absolute atomic E-state index is 13.3. The van der Waals surface area contributed by atoms with Crippen molar-refractivity contribution in [3.8, 4) is 5.75 Å². The SMILES string of the molecule is COc1ccccc1NC(=O)CN1C(=O)[C@H]2CCCC2=Nc2cc(C)c(C)cc21. The lowest BCUT2D eigenvalue weighted by Crippen LogP contribution is -2.42. The fourth-order valence-electron chi connectivity index (χ4n) is 4.03. The molecule has 2 aromatic rings. The number of rotatable bonds is 4. The number of aryl methyl sites for hydroxylation is 2. The van der Waals surface area contributed by atoms with Crippen molar-refractivity contribution < 1.29 is 14.3 Å². The Labute approximate surface area is 170 Å². The van der Waals surface area contributed by atoms with E-state index < -0.39 is 0 Å². The van der Waals surface area contributed by atoms with Crippen LogP contribution in [0.3, 0.4) is 0 Å². The molecule has 29 heavy (non-hydrogen) atoms. The molecule has 0 radical (unpaired) electrons. The number of nitrogens with one attached hydrogen (secondary N) is 1. The van der Waals surface area contributed by atoms with E-state index in [1.807, 2.05) is 38.1 Å². The number of benzene rings is 2. The van der Waals surface area contributed by atoms with E-state index >= 15 is 0 Å². The quantitative estimate of drug-likeness (QED) is 0.850. The molecule has 2 aliphatic rings. The number of anilines is 2. The molecule has 1 saturated carbocycles. The fraction of sp³-hybridized carbons (Fsp3) is 0.348. The average Bonchev–Trinajstić information content (AvgIpc) is 3.13. The summed E-state index contributed by atoms with van der Waals surface area (Å²) in [5, 5.41) is 2.87. The average molecular weight is 391 g/mol. The number of hydrogen-bond acceptors (Lipinski definition) is 4. The first kappa shape index (κ1) is 19.2. The minimum atomic E-state index is -0.270. The largest absolute Gasteiger partial charge is 0.495 e. The molecule has 2 amide bonds. The molecule has 6 heteroatoms. The molecule has 1 atom stereocenters. The second-order valence-electron chi connectivity index (χ2n) is 7.65. The highest BCUT2D eigenvalue weighted by molar-refractivity contribution is 6.17. The molecule has 0 saturated heterocycles. The van der Waals surface area contributed by atoms with E-state index in [0.717, 1.165) is 41.8 Å². The first-order valence-electron chi connectivity index (χ1n) is 9.91. The van der Waals surface area contributed by atoms with Gasteiger partial charge in [0.1, 0.15) is 12.3 Å². The number of ether oxygens (including phenoxy) is 1. The van der Waals surface area contributed by atoms with E-state index in [0.29, 0.717) is 17.1 Å². The fourth-order valence-corrected chi connectivity index (χ4v) is 4.03. The van der Waals surface area contributed by atoms with Crippen LogP contribution >= 0.6 is 0 Å². The lowest BCUT2D eigenvalue weighted by atomic mass is 10.0. The number of carbonyl (C=O) groups is 2. The van der Waals surface area contributed by atoms with Gasteiger partial charge < -0.3 is 15.0 Å². The zero-order valence-electron chi connectivity index (χ0n) is 17.0. The van der Waals surface area contributed by atoms with Crippen molar-refractivity contribution in [2.75, 3.05) is 23.9 Å². The third kappa shape index (κ3) is 3.62. The molecule has 4 rings (SSSR count). The van der Waals surface area contributed by atoms with Crippen molar-refractivity contribution in [3.63, 3.8) is 0 Å². The van der Waals surface area contributed by atoms with E-state index in [1.54, 1.807) is 24.1 Å². The molecule has 0 aromatic heterocycles. The van der Waals surface area contributed by atoms with Crippen LogP contribution in [0, 0.1) is 19.8 Å². The van der Waals surface area contributed by atoms with Crippen molar-refractivity contribution >= 4 is 34.6 Å². The number of methoxy groups -OCH3 is 1. The summed E-state index contributed by atoms with van der Waals surface area (Å²) in [5.41, 5.74) is 5.18. The highest BCUT2D eigenvalue weighted by Crippen LogP contribution is 2.39. The third-order valence-corrected chi connectivity index (χ3v) is 5.72. The zero-order valence-corrected chi connectivity index (χ0v) is 17.0. The van der Waals surface area contributed by atoms with Gasteiger partial charge in [-0.1, -0.05) is 12.1 Å². The minimum absolute atomic E-state index is 0.0431. The van der Waals surface area contributed by atoms with Gasteiger partial charge in [-0.3, -0.25) is 14.6 Å². The Kier molecular flexibility index (Phi) is 5.09. The molecule has 1 aliphatic carbocycles. The van der Waals surface area contributed by atoms with E-state index in [1.165, 1.54) is 0 Å². The Balaban J connectivity index is 1.67. The van der Waals surface area contributed by atoms with Crippen molar-refractivity contribution in [1.82, 2.24) is 0 Å². The van der Waals surface area contributed by atoms with Gasteiger partial charge in [-0.2, -0.15) is 0 Å². The van der Waals surface area contributed by atoms with Gasteiger partial charge >= 0.3 is 0 Å². The van der Waals surface area contributed by atoms with E-state index in [9.17, 15) is 9.59 Å². The smallest absolute Gasteiger partial charge is 0.244 e. The van der Waals surface area contributed by atoms with Crippen LogP contribution in [0.15, 0.2) is 41.4 Å². The summed E-state index contributed by atoms with van der Waals surface area (Å²) >= 11 is 0. The molecule has 2 aromatic carbocycles. The lowest BCUT2D eigenvalue weighted by Gasteiger charge is -2.25. The predicted octanol–water partition coefficient (Wildman–Crippen LogP) is 4.17. The summed E-state index contributed by atoms with van der Waals surface area (Å²) in [6.45, 7) is 3.98. The monoisotopic (exact) mass is 391 g/mol. The molecular weight excluding hydrogens is 366 g/mol. The predicted molar refractivity (Wildman–Crippen MR) is 114 cm³/mol. The molecule has 6 nitrogen and oxygen atoms in total. The third-order valence-electron chi connectivity index (χ3n) is 5.72. The van der Waals surface area contributed by atoms with Gasteiger partial charge in [0, 0.05) is 5.71 Å². The molecule has 0 unspecified atom stereocenters. The normalized spacial score (nSPS) is 17.9. The minimum Gasteiger partial charge on any atom is -0.495 e. The van der Waals surface area contributed by atoms with Crippen molar-refractivity contribution in [1.29, 1.82) is 0 Å². The number of hydrogen-bond donors (Lipinski definition) is 1. The van der Waals surface area contributed by atoms with E-state index in [4.69, 9.17) is 9.73 Å². The molecule has 1 N–H and O–H groups in total. The molecular formula is C23H25N3O3. The highest BCUT2D eigenvalue weighted by Gasteiger charge is 2.37. The van der Waals surface area contributed by atoms with Crippen molar-refractivity contribution in [2.24, 2.45) is 10.9 Å². The van der Waals surface area contributed by atoms with Gasteiger partial charge in [-0.05, 0) is 68.5 Å². The van der Waals surface area contributed by atoms with Crippen LogP contribution in [0.4, 0.5) is 17.1 Å². The maximum atomic E-state index is 13.3. The number of para-hydroxylation sites is 2. The molecule has 1 fully saturated rings. The standard InChI is InChI=1S/C23H25N3O3/c1-14-11-19-20(12-15(14)2)26(23(28)16-7-6-9-17(16)24-19)13-22(27)25-18-8-4-5-10-21(18)29-3/h4-5,8,10-12,16H,6-7,9,13H2,1-3H3,(H,25,27)/t16-/m0/s1. The van der Waals surface area contributed by atoms with Gasteiger partial charge in [0.2, 0.25) is 11.8 Å². The summed E-state index contributed by atoms with van der Waals surface area (Å²) in [6.07, 6.45) is 2.58. The number of amides is 2. The Bertz CT molecular complexity index is 1010. The van der Waals surface area contributed by atoms with Gasteiger partial charge in [0.05, 0.1) is 30.1 Å². The maximum Gasteiger partial charge on any atom is 0.244 e. The summed E-state index contributed by atoms with van der Waals surface area (Å²) < 4.78 is 5.31. The Hall–Kier alpha value is -3.15. The van der Waals surface area contributed by atoms with E-state index in [-0.39, 0.29) is 24.3 Å². The number of fused-ring (bicyclic) bond motifs is 2. The van der Waals surface area contributed by atoms with Crippen molar-refractivity contribution in [2.45, 2.75) is 33.1 Å². The Morgan fingerprint density at radius 2 is 2.00 bits per heavy atom. The van der Waals surface area contributed by atoms with Gasteiger partial charge in [-0.25, -0.2) is 0 Å². The Morgan fingerprint density at radius 1 is 1.24 bits per heavy atom. The Morgan fingerprint density at radius 3 is 2.79 bits per heavy atom. The second kappa shape index (κ2) is 7.70. The number of carbonyl (C=O) groups excluding carboxylic acids is 2. The summed E-state index contributed by atoms with van der Waals surface area (Å²) in [5.74, 6) is 0.0327. The molecule has 0 bridgehead atoms. The van der Waals surface area contributed by atoms with Crippen LogP contribution < -0.4 is 15.0 Å². The molecule has 0 spiro atoms. The lowest BCUT2D eigenvalue weighted by molar-refractivity contribution is -0.123. The van der Waals surface area contributed by atoms with E-state index in [2.05, 4.69) is 5.32 Å². The molecule has 150 valence electrons. The van der Waals surface area contributed by atoms with Gasteiger partial charge in [0.25, 0.3) is 0 Å². The number of nitrogens with zero attached hydrogens (tertiary/aromatic N) is 2. The summed E-state index contributed by atoms with van der Waals surface area (Å²) in [7, 11) is 1.56. The number of aliphatic imine (C=N–C) groups is 1. The van der Waals surface area contributed by atoms with Crippen LogP contribution in [0.2, 0.25) is 0 Å². The van der Waals surface area contributed by atoms with Crippen LogP contribution in [-0.4, -0.2) is 31.2 Å². The van der Waals surface area contributed by atoms with Gasteiger partial charge in [-0.15, -0.1) is 0 Å². The first-order chi connectivity index (χ1) is 14.0. The first-order valence-corrected chi connectivity index (χ1v) is 9.91. The zero-order chi connectivity index (χ0) is 20.5.